The van der Waals surface area contributed by atoms with Gasteiger partial charge in [0.2, 0.25) is 5.91 Å². The summed E-state index contributed by atoms with van der Waals surface area (Å²) in [5.41, 5.74) is 0.0904. The molecule has 4 rings (SSSR count). The van der Waals surface area contributed by atoms with Crippen LogP contribution in [0.15, 0.2) is 71.8 Å². The highest BCUT2D eigenvalue weighted by atomic mass is 32.2. The molecule has 10 heteroatoms. The summed E-state index contributed by atoms with van der Waals surface area (Å²) in [7, 11) is -1.63. The highest BCUT2D eigenvalue weighted by molar-refractivity contribution is 7.82. The van der Waals surface area contributed by atoms with Crippen LogP contribution in [0.3, 0.4) is 0 Å². The first-order valence-electron chi connectivity index (χ1n) is 11.0. The Hall–Kier alpha value is -3.11. The normalized spacial score (nSPS) is 15.6. The Morgan fingerprint density at radius 2 is 1.74 bits per heavy atom. The summed E-state index contributed by atoms with van der Waals surface area (Å²) in [6.45, 7) is 2.36. The quantitative estimate of drug-likeness (QED) is 0.434. The average molecular weight is 506 g/mol. The topological polar surface area (TPSA) is 62.3 Å². The van der Waals surface area contributed by atoms with E-state index < -0.39 is 34.1 Å². The Balaban J connectivity index is 1.44. The lowest BCUT2D eigenvalue weighted by atomic mass is 10.1. The van der Waals surface area contributed by atoms with Gasteiger partial charge in [0.15, 0.2) is 0 Å². The van der Waals surface area contributed by atoms with Crippen LogP contribution in [0.5, 0.6) is 0 Å². The van der Waals surface area contributed by atoms with Crippen molar-refractivity contribution in [1.82, 2.24) is 14.6 Å². The molecule has 1 saturated carbocycles. The maximum atomic E-state index is 13.2. The molecule has 1 fully saturated rings. The molecule has 2 aromatic carbocycles. The average Bonchev–Trinajstić information content (AvgIpc) is 3.65. The van der Waals surface area contributed by atoms with Crippen LogP contribution in [0.2, 0.25) is 0 Å². The number of carbonyl (C=O) groups is 1. The van der Waals surface area contributed by atoms with Crippen molar-refractivity contribution in [1.29, 1.82) is 0 Å². The summed E-state index contributed by atoms with van der Waals surface area (Å²) < 4.78 is 66.4. The Kier molecular flexibility index (Phi) is 7.05. The molecule has 1 atom stereocenters. The number of carbonyl (C=O) groups excluding carboxylic acids is 1. The minimum Gasteiger partial charge on any atom is -0.350 e. The second kappa shape index (κ2) is 9.87. The smallest absolute Gasteiger partial charge is 0.350 e. The summed E-state index contributed by atoms with van der Waals surface area (Å²) in [6, 6.07) is 13.5. The first-order chi connectivity index (χ1) is 16.6. The molecule has 1 N–H and O–H groups in total. The Morgan fingerprint density at radius 3 is 2.31 bits per heavy atom. The fraction of sp³-hybridized carbons (Fsp3) is 0.280. The largest absolute Gasteiger partial charge is 0.416 e. The van der Waals surface area contributed by atoms with E-state index in [1.54, 1.807) is 16.4 Å². The molecule has 0 bridgehead atoms. The van der Waals surface area contributed by atoms with Crippen molar-refractivity contribution in [2.24, 2.45) is 0 Å². The number of likely N-dealkylation sites (N-methyl/N-ethyl adjacent to an activating group) is 1. The number of halogens is 4. The molecular formula is C25H23F4N3O2S. The van der Waals surface area contributed by atoms with Gasteiger partial charge in [0, 0.05) is 24.8 Å². The Labute approximate surface area is 202 Å². The van der Waals surface area contributed by atoms with Crippen molar-refractivity contribution in [3.8, 4) is 11.3 Å². The maximum absolute atomic E-state index is 13.2. The zero-order chi connectivity index (χ0) is 25.2. The van der Waals surface area contributed by atoms with Gasteiger partial charge in [-0.2, -0.15) is 13.2 Å². The fourth-order valence-electron chi connectivity index (χ4n) is 3.88. The second-order valence-corrected chi connectivity index (χ2v) is 9.65. The van der Waals surface area contributed by atoms with Crippen LogP contribution in [0.4, 0.5) is 17.6 Å². The van der Waals surface area contributed by atoms with Crippen LogP contribution >= 0.6 is 0 Å². The summed E-state index contributed by atoms with van der Waals surface area (Å²) in [4.78, 5) is 17.8. The fourth-order valence-corrected chi connectivity index (χ4v) is 5.32. The highest BCUT2D eigenvalue weighted by Gasteiger charge is 2.56. The van der Waals surface area contributed by atoms with E-state index in [-0.39, 0.29) is 12.5 Å². The van der Waals surface area contributed by atoms with Crippen LogP contribution < -0.4 is 5.32 Å². The van der Waals surface area contributed by atoms with E-state index in [1.165, 1.54) is 42.6 Å². The van der Waals surface area contributed by atoms with Gasteiger partial charge in [-0.05, 0) is 66.9 Å². The number of hydrogen-bond acceptors (Lipinski definition) is 3. The second-order valence-electron chi connectivity index (χ2n) is 8.24. The van der Waals surface area contributed by atoms with Gasteiger partial charge in [0.05, 0.1) is 16.2 Å². The number of amides is 1. The number of alkyl halides is 3. The molecule has 184 valence electrons. The van der Waals surface area contributed by atoms with E-state index in [2.05, 4.69) is 10.3 Å². The van der Waals surface area contributed by atoms with Crippen LogP contribution in [-0.4, -0.2) is 31.5 Å². The molecule has 1 heterocycles. The van der Waals surface area contributed by atoms with E-state index in [0.717, 1.165) is 17.7 Å². The van der Waals surface area contributed by atoms with E-state index in [4.69, 9.17) is 0 Å². The van der Waals surface area contributed by atoms with Gasteiger partial charge in [-0.25, -0.2) is 12.9 Å². The predicted molar refractivity (Wildman–Crippen MR) is 124 cm³/mol. The molecule has 1 aliphatic rings. The van der Waals surface area contributed by atoms with Gasteiger partial charge < -0.3 is 5.32 Å². The van der Waals surface area contributed by atoms with Gasteiger partial charge >= 0.3 is 6.18 Å². The van der Waals surface area contributed by atoms with Gasteiger partial charge in [-0.15, -0.1) is 0 Å². The number of benzene rings is 2. The number of pyridine rings is 1. The van der Waals surface area contributed by atoms with Gasteiger partial charge in [0.25, 0.3) is 0 Å². The Bertz CT molecular complexity index is 1230. The van der Waals surface area contributed by atoms with Crippen molar-refractivity contribution in [2.45, 2.75) is 42.9 Å². The van der Waals surface area contributed by atoms with Gasteiger partial charge in [-0.1, -0.05) is 19.1 Å². The van der Waals surface area contributed by atoms with Crippen LogP contribution in [0.25, 0.3) is 11.3 Å². The monoisotopic (exact) mass is 505 g/mol. The molecule has 1 aromatic heterocycles. The Morgan fingerprint density at radius 1 is 1.09 bits per heavy atom. The van der Waals surface area contributed by atoms with Crippen molar-refractivity contribution in [2.75, 3.05) is 6.54 Å². The van der Waals surface area contributed by atoms with Crippen molar-refractivity contribution in [3.63, 3.8) is 0 Å². The van der Waals surface area contributed by atoms with Crippen molar-refractivity contribution in [3.05, 3.63) is 83.8 Å². The van der Waals surface area contributed by atoms with Crippen LogP contribution in [0, 0.1) is 5.82 Å². The lowest BCUT2D eigenvalue weighted by Crippen LogP contribution is -2.49. The first-order valence-corrected chi connectivity index (χ1v) is 12.1. The molecule has 35 heavy (non-hydrogen) atoms. The standard InChI is InChI=1S/C25H23F4N3O2S/c1-2-32(35(34)21-9-7-20(26)8-10-21)24(12-13-24)23(33)31-16-17-11-14-30-22(15-17)18-3-5-19(6-4-18)25(27,28)29/h3-11,14-15H,2,12-13,16H2,1H3,(H,31,33). The minimum absolute atomic E-state index is 0.178. The predicted octanol–water partition coefficient (Wildman–Crippen LogP) is 5.10. The molecule has 3 aromatic rings. The van der Waals surface area contributed by atoms with Crippen LogP contribution in [-0.2, 0) is 28.5 Å². The SMILES string of the molecule is CCN(S(=O)c1ccc(F)cc1)C1(C(=O)NCc2ccnc(-c3ccc(C(F)(F)F)cc3)c2)CC1. The minimum atomic E-state index is -4.41. The van der Waals surface area contributed by atoms with E-state index in [1.807, 2.05) is 6.92 Å². The molecular weight excluding hydrogens is 482 g/mol. The molecule has 1 amide bonds. The third-order valence-electron chi connectivity index (χ3n) is 5.91. The number of hydrogen-bond donors (Lipinski definition) is 1. The number of nitrogens with zero attached hydrogens (tertiary/aromatic N) is 2. The van der Waals surface area contributed by atoms with E-state index >= 15 is 0 Å². The molecule has 1 unspecified atom stereocenters. The molecule has 0 saturated heterocycles. The molecule has 0 spiro atoms. The first kappa shape index (κ1) is 25.0. The molecule has 1 aliphatic carbocycles. The summed E-state index contributed by atoms with van der Waals surface area (Å²) in [5.74, 6) is -0.691. The van der Waals surface area contributed by atoms with E-state index in [9.17, 15) is 26.6 Å². The van der Waals surface area contributed by atoms with Gasteiger partial charge in [0.1, 0.15) is 22.3 Å². The van der Waals surface area contributed by atoms with E-state index in [0.29, 0.717) is 35.5 Å². The summed E-state index contributed by atoms with van der Waals surface area (Å²) in [5, 5.41) is 2.89. The van der Waals surface area contributed by atoms with Gasteiger partial charge in [-0.3, -0.25) is 9.78 Å². The number of aromatic nitrogens is 1. The highest BCUT2D eigenvalue weighted by Crippen LogP contribution is 2.44. The third-order valence-corrected chi connectivity index (χ3v) is 7.60. The zero-order valence-electron chi connectivity index (χ0n) is 18.8. The summed E-state index contributed by atoms with van der Waals surface area (Å²) >= 11 is 0. The lowest BCUT2D eigenvalue weighted by molar-refractivity contribution is -0.137. The molecule has 5 nitrogen and oxygen atoms in total. The number of nitrogens with one attached hydrogen (secondary N) is 1. The lowest BCUT2D eigenvalue weighted by Gasteiger charge is -2.28. The zero-order valence-corrected chi connectivity index (χ0v) is 19.6. The van der Waals surface area contributed by atoms with Crippen molar-refractivity contribution >= 4 is 16.9 Å². The summed E-state index contributed by atoms with van der Waals surface area (Å²) in [6.07, 6.45) is -1.79. The molecule has 0 aliphatic heterocycles. The van der Waals surface area contributed by atoms with Crippen molar-refractivity contribution < 1.29 is 26.6 Å². The van der Waals surface area contributed by atoms with Crippen LogP contribution in [0.1, 0.15) is 30.9 Å². The third kappa shape index (κ3) is 5.43. The molecule has 0 radical (unpaired) electrons. The maximum Gasteiger partial charge on any atom is 0.416 e. The number of rotatable bonds is 8.